The van der Waals surface area contributed by atoms with Gasteiger partial charge in [-0.3, -0.25) is 0 Å². The van der Waals surface area contributed by atoms with Crippen LogP contribution in [0.25, 0.3) is 11.0 Å². The lowest BCUT2D eigenvalue weighted by molar-refractivity contribution is 0.154. The Hall–Kier alpha value is -1.39. The number of aromatic nitrogens is 2. The summed E-state index contributed by atoms with van der Waals surface area (Å²) in [6, 6.07) is 8.92. The molecule has 1 N–H and O–H groups in total. The average molecular weight is 247 g/mol. The molecule has 1 aromatic heterocycles. The fourth-order valence-corrected chi connectivity index (χ4v) is 2.07. The van der Waals surface area contributed by atoms with E-state index in [1.54, 1.807) is 7.11 Å². The lowest BCUT2D eigenvalue weighted by atomic mass is 10.2. The van der Waals surface area contributed by atoms with E-state index in [1.165, 1.54) is 0 Å². The van der Waals surface area contributed by atoms with Gasteiger partial charge in [0.1, 0.15) is 0 Å². The third-order valence-corrected chi connectivity index (χ3v) is 3.00. The molecule has 98 valence electrons. The Morgan fingerprint density at radius 3 is 2.83 bits per heavy atom. The van der Waals surface area contributed by atoms with E-state index in [4.69, 9.17) is 4.74 Å². The Labute approximate surface area is 108 Å². The number of rotatable bonds is 6. The fraction of sp³-hybridized carbons (Fsp3) is 0.500. The number of nitrogens with zero attached hydrogens (tertiary/aromatic N) is 2. The van der Waals surface area contributed by atoms with Crippen LogP contribution in [0.2, 0.25) is 0 Å². The molecule has 18 heavy (non-hydrogen) atoms. The molecule has 0 radical (unpaired) electrons. The summed E-state index contributed by atoms with van der Waals surface area (Å²) in [5.41, 5.74) is 2.19. The van der Waals surface area contributed by atoms with Crippen molar-refractivity contribution in [2.75, 3.05) is 20.3 Å². The highest BCUT2D eigenvalue weighted by Crippen LogP contribution is 2.17. The van der Waals surface area contributed by atoms with Crippen LogP contribution in [-0.2, 0) is 4.74 Å². The largest absolute Gasteiger partial charge is 0.382 e. The Morgan fingerprint density at radius 1 is 1.33 bits per heavy atom. The van der Waals surface area contributed by atoms with Gasteiger partial charge in [-0.25, -0.2) is 4.98 Å². The van der Waals surface area contributed by atoms with Crippen molar-refractivity contribution in [1.82, 2.24) is 14.9 Å². The highest BCUT2D eigenvalue weighted by molar-refractivity contribution is 5.75. The molecule has 0 aliphatic heterocycles. The Bertz CT molecular complexity index is 492. The summed E-state index contributed by atoms with van der Waals surface area (Å²) in [6.45, 7) is 5.86. The van der Waals surface area contributed by atoms with E-state index in [-0.39, 0.29) is 6.04 Å². The molecule has 1 atom stereocenters. The van der Waals surface area contributed by atoms with Crippen LogP contribution in [0.1, 0.15) is 19.9 Å². The summed E-state index contributed by atoms with van der Waals surface area (Å²) >= 11 is 0. The molecular weight excluding hydrogens is 226 g/mol. The summed E-state index contributed by atoms with van der Waals surface area (Å²) < 4.78 is 7.51. The van der Waals surface area contributed by atoms with Crippen molar-refractivity contribution < 1.29 is 4.74 Å². The molecule has 1 heterocycles. The molecule has 4 nitrogen and oxygen atoms in total. The smallest absolute Gasteiger partial charge is 0.0962 e. The van der Waals surface area contributed by atoms with Gasteiger partial charge in [0.25, 0.3) is 0 Å². The fourth-order valence-electron chi connectivity index (χ4n) is 2.07. The molecule has 0 aliphatic rings. The standard InChI is InChI=1S/C14H21N3O/c1-11(2)15-8-12(9-18-3)17-10-16-13-6-4-5-7-14(13)17/h4-7,10-12,15H,8-9H2,1-3H3. The van der Waals surface area contributed by atoms with Crippen molar-refractivity contribution in [3.05, 3.63) is 30.6 Å². The van der Waals surface area contributed by atoms with E-state index in [2.05, 4.69) is 34.8 Å². The second-order valence-corrected chi connectivity index (χ2v) is 4.81. The van der Waals surface area contributed by atoms with Crippen molar-refractivity contribution in [3.63, 3.8) is 0 Å². The Balaban J connectivity index is 2.24. The number of hydrogen-bond donors (Lipinski definition) is 1. The minimum absolute atomic E-state index is 0.268. The number of benzene rings is 1. The van der Waals surface area contributed by atoms with Gasteiger partial charge in [-0.2, -0.15) is 0 Å². The van der Waals surface area contributed by atoms with Crippen molar-refractivity contribution >= 4 is 11.0 Å². The topological polar surface area (TPSA) is 39.1 Å². The van der Waals surface area contributed by atoms with Crippen molar-refractivity contribution in [2.45, 2.75) is 25.9 Å². The van der Waals surface area contributed by atoms with Crippen LogP contribution in [0.3, 0.4) is 0 Å². The lowest BCUT2D eigenvalue weighted by Crippen LogP contribution is -2.32. The van der Waals surface area contributed by atoms with Crippen LogP contribution in [0, 0.1) is 0 Å². The quantitative estimate of drug-likeness (QED) is 0.850. The van der Waals surface area contributed by atoms with Crippen LogP contribution in [-0.4, -0.2) is 35.9 Å². The number of imidazole rings is 1. The van der Waals surface area contributed by atoms with Crippen molar-refractivity contribution in [3.8, 4) is 0 Å². The number of para-hydroxylation sites is 2. The third-order valence-electron chi connectivity index (χ3n) is 3.00. The van der Waals surface area contributed by atoms with E-state index in [0.29, 0.717) is 12.6 Å². The first-order chi connectivity index (χ1) is 8.72. The number of ether oxygens (including phenoxy) is 1. The molecule has 0 spiro atoms. The first-order valence-electron chi connectivity index (χ1n) is 6.36. The van der Waals surface area contributed by atoms with E-state index in [9.17, 15) is 0 Å². The highest BCUT2D eigenvalue weighted by atomic mass is 16.5. The molecule has 1 unspecified atom stereocenters. The first kappa shape index (κ1) is 13.1. The van der Waals surface area contributed by atoms with E-state index >= 15 is 0 Å². The SMILES string of the molecule is COCC(CNC(C)C)n1cnc2ccccc21. The van der Waals surface area contributed by atoms with Crippen LogP contribution >= 0.6 is 0 Å². The van der Waals surface area contributed by atoms with Crippen molar-refractivity contribution in [1.29, 1.82) is 0 Å². The molecule has 2 rings (SSSR count). The third kappa shape index (κ3) is 2.89. The van der Waals surface area contributed by atoms with Gasteiger partial charge in [0.15, 0.2) is 0 Å². The van der Waals surface area contributed by atoms with Crippen LogP contribution in [0.4, 0.5) is 0 Å². The summed E-state index contributed by atoms with van der Waals surface area (Å²) in [4.78, 5) is 4.43. The second-order valence-electron chi connectivity index (χ2n) is 4.81. The summed E-state index contributed by atoms with van der Waals surface area (Å²) in [7, 11) is 1.74. The van der Waals surface area contributed by atoms with Crippen molar-refractivity contribution in [2.24, 2.45) is 0 Å². The van der Waals surface area contributed by atoms with Gasteiger partial charge >= 0.3 is 0 Å². The zero-order valence-corrected chi connectivity index (χ0v) is 11.3. The maximum Gasteiger partial charge on any atom is 0.0962 e. The predicted molar refractivity (Wildman–Crippen MR) is 73.8 cm³/mol. The van der Waals surface area contributed by atoms with E-state index in [1.807, 2.05) is 24.5 Å². The molecule has 4 heteroatoms. The average Bonchev–Trinajstić information content (AvgIpc) is 2.78. The number of fused-ring (bicyclic) bond motifs is 1. The first-order valence-corrected chi connectivity index (χ1v) is 6.36. The van der Waals surface area contributed by atoms with Crippen LogP contribution < -0.4 is 5.32 Å². The molecule has 0 fully saturated rings. The minimum Gasteiger partial charge on any atom is -0.382 e. The lowest BCUT2D eigenvalue weighted by Gasteiger charge is -2.20. The summed E-state index contributed by atoms with van der Waals surface area (Å²) in [5, 5.41) is 3.45. The second kappa shape index (κ2) is 5.98. The zero-order chi connectivity index (χ0) is 13.0. The highest BCUT2D eigenvalue weighted by Gasteiger charge is 2.13. The maximum atomic E-state index is 5.32. The molecule has 0 saturated heterocycles. The minimum atomic E-state index is 0.268. The normalized spacial score (nSPS) is 13.3. The summed E-state index contributed by atoms with van der Waals surface area (Å²) in [6.07, 6.45) is 1.90. The number of hydrogen-bond acceptors (Lipinski definition) is 3. The van der Waals surface area contributed by atoms with Gasteiger partial charge in [0.05, 0.1) is 30.0 Å². The number of methoxy groups -OCH3 is 1. The van der Waals surface area contributed by atoms with E-state index < -0.39 is 0 Å². The molecule has 0 saturated carbocycles. The van der Waals surface area contributed by atoms with Gasteiger partial charge in [0.2, 0.25) is 0 Å². The molecule has 2 aromatic rings. The van der Waals surface area contributed by atoms with Gasteiger partial charge in [-0.1, -0.05) is 26.0 Å². The molecule has 0 amide bonds. The van der Waals surface area contributed by atoms with Gasteiger partial charge < -0.3 is 14.6 Å². The molecule has 0 bridgehead atoms. The molecule has 1 aromatic carbocycles. The Morgan fingerprint density at radius 2 is 2.11 bits per heavy atom. The van der Waals surface area contributed by atoms with Gasteiger partial charge in [-0.05, 0) is 12.1 Å². The summed E-state index contributed by atoms with van der Waals surface area (Å²) in [5.74, 6) is 0. The van der Waals surface area contributed by atoms with Gasteiger partial charge in [-0.15, -0.1) is 0 Å². The monoisotopic (exact) mass is 247 g/mol. The van der Waals surface area contributed by atoms with Gasteiger partial charge in [0, 0.05) is 19.7 Å². The Kier molecular flexibility index (Phi) is 4.33. The van der Waals surface area contributed by atoms with Crippen LogP contribution in [0.5, 0.6) is 0 Å². The number of nitrogens with one attached hydrogen (secondary N) is 1. The van der Waals surface area contributed by atoms with E-state index in [0.717, 1.165) is 17.6 Å². The van der Waals surface area contributed by atoms with Crippen LogP contribution in [0.15, 0.2) is 30.6 Å². The zero-order valence-electron chi connectivity index (χ0n) is 11.3. The molecular formula is C14H21N3O. The molecule has 0 aliphatic carbocycles. The maximum absolute atomic E-state index is 5.32. The predicted octanol–water partition coefficient (Wildman–Crippen LogP) is 2.22.